The van der Waals surface area contributed by atoms with Gasteiger partial charge in [0.1, 0.15) is 0 Å². The van der Waals surface area contributed by atoms with Gasteiger partial charge < -0.3 is 21.3 Å². The molecule has 4 N–H and O–H groups in total. The predicted molar refractivity (Wildman–Crippen MR) is 98.6 cm³/mol. The van der Waals surface area contributed by atoms with E-state index in [1.165, 1.54) is 12.8 Å². The van der Waals surface area contributed by atoms with Crippen LogP contribution in [0.3, 0.4) is 0 Å². The third kappa shape index (κ3) is 5.80. The number of nitrogens with zero attached hydrogens (tertiary/aromatic N) is 1. The van der Waals surface area contributed by atoms with Gasteiger partial charge in [-0.25, -0.2) is 4.79 Å². The number of carbonyl (C=O) groups excluding carboxylic acids is 1. The summed E-state index contributed by atoms with van der Waals surface area (Å²) in [6, 6.07) is 8.05. The van der Waals surface area contributed by atoms with Crippen molar-refractivity contribution >= 4 is 6.03 Å². The van der Waals surface area contributed by atoms with Crippen LogP contribution >= 0.6 is 0 Å². The second-order valence-corrected chi connectivity index (χ2v) is 7.77. The zero-order chi connectivity index (χ0) is 17.6. The van der Waals surface area contributed by atoms with E-state index in [2.05, 4.69) is 36.3 Å². The Kier molecular flexibility index (Phi) is 6.63. The molecule has 24 heavy (non-hydrogen) atoms. The molecule has 0 spiro atoms. The summed E-state index contributed by atoms with van der Waals surface area (Å²) in [6.07, 6.45) is 2.53. The van der Waals surface area contributed by atoms with Crippen molar-refractivity contribution in [2.75, 3.05) is 19.6 Å². The average Bonchev–Trinajstić information content (AvgIpc) is 3.05. The van der Waals surface area contributed by atoms with Crippen LogP contribution in [0.4, 0.5) is 4.79 Å². The summed E-state index contributed by atoms with van der Waals surface area (Å²) < 4.78 is 0. The Balaban J connectivity index is 1.84. The number of urea groups is 1. The Labute approximate surface area is 146 Å². The van der Waals surface area contributed by atoms with Crippen molar-refractivity contribution in [1.82, 2.24) is 15.5 Å². The molecule has 1 atom stereocenters. The van der Waals surface area contributed by atoms with Crippen molar-refractivity contribution in [2.24, 2.45) is 11.1 Å². The lowest BCUT2D eigenvalue weighted by atomic mass is 9.86. The number of hydrogen-bond acceptors (Lipinski definition) is 3. The van der Waals surface area contributed by atoms with Crippen LogP contribution < -0.4 is 16.4 Å². The number of amides is 2. The van der Waals surface area contributed by atoms with Crippen molar-refractivity contribution in [1.29, 1.82) is 0 Å². The molecule has 5 nitrogen and oxygen atoms in total. The van der Waals surface area contributed by atoms with E-state index in [1.54, 1.807) is 0 Å². The van der Waals surface area contributed by atoms with E-state index < -0.39 is 0 Å². The lowest BCUT2D eigenvalue weighted by molar-refractivity contribution is 0.185. The van der Waals surface area contributed by atoms with Crippen LogP contribution in [0.25, 0.3) is 0 Å². The Morgan fingerprint density at radius 3 is 2.29 bits per heavy atom. The zero-order valence-electron chi connectivity index (χ0n) is 15.3. The molecule has 0 unspecified atom stereocenters. The SMILES string of the molecule is CC(C)(C)[C@H](CN1CCCC1)NC(=O)NCc1ccc(CN)cc1. The van der Waals surface area contributed by atoms with E-state index in [0.717, 1.165) is 30.8 Å². The molecule has 5 heteroatoms. The van der Waals surface area contributed by atoms with Gasteiger partial charge in [-0.1, -0.05) is 45.0 Å². The largest absolute Gasteiger partial charge is 0.334 e. The maximum absolute atomic E-state index is 12.3. The molecule has 1 heterocycles. The third-order valence-electron chi connectivity index (χ3n) is 4.70. The Morgan fingerprint density at radius 1 is 1.17 bits per heavy atom. The summed E-state index contributed by atoms with van der Waals surface area (Å²) in [5, 5.41) is 6.13. The monoisotopic (exact) mass is 332 g/mol. The Bertz CT molecular complexity index is 515. The molecule has 1 fully saturated rings. The van der Waals surface area contributed by atoms with Gasteiger partial charge in [0.2, 0.25) is 0 Å². The summed E-state index contributed by atoms with van der Waals surface area (Å²) in [5.41, 5.74) is 7.81. The van der Waals surface area contributed by atoms with Gasteiger partial charge in [-0.15, -0.1) is 0 Å². The minimum absolute atomic E-state index is 0.0305. The molecule has 2 amide bonds. The molecule has 1 aromatic carbocycles. The molecule has 0 saturated carbocycles. The number of rotatable bonds is 6. The van der Waals surface area contributed by atoms with Crippen LogP contribution in [0.15, 0.2) is 24.3 Å². The maximum Gasteiger partial charge on any atom is 0.315 e. The second kappa shape index (κ2) is 8.49. The first-order valence-corrected chi connectivity index (χ1v) is 8.93. The van der Waals surface area contributed by atoms with Gasteiger partial charge in [-0.3, -0.25) is 0 Å². The second-order valence-electron chi connectivity index (χ2n) is 7.77. The first kappa shape index (κ1) is 18.7. The summed E-state index contributed by atoms with van der Waals surface area (Å²) in [4.78, 5) is 14.8. The van der Waals surface area contributed by atoms with E-state index in [0.29, 0.717) is 13.1 Å². The fraction of sp³-hybridized carbons (Fsp3) is 0.632. The first-order chi connectivity index (χ1) is 11.4. The van der Waals surface area contributed by atoms with Gasteiger partial charge in [0.05, 0.1) is 0 Å². The molecule has 1 aliphatic heterocycles. The molecule has 2 rings (SSSR count). The highest BCUT2D eigenvalue weighted by atomic mass is 16.2. The highest BCUT2D eigenvalue weighted by Gasteiger charge is 2.29. The molecule has 0 bridgehead atoms. The van der Waals surface area contributed by atoms with Gasteiger partial charge in [0.15, 0.2) is 0 Å². The Morgan fingerprint density at radius 2 is 1.75 bits per heavy atom. The topological polar surface area (TPSA) is 70.4 Å². The van der Waals surface area contributed by atoms with E-state index >= 15 is 0 Å². The lowest BCUT2D eigenvalue weighted by Crippen LogP contribution is -2.52. The van der Waals surface area contributed by atoms with Crippen LogP contribution in [-0.2, 0) is 13.1 Å². The molecule has 1 aromatic rings. The summed E-state index contributed by atoms with van der Waals surface area (Å²) in [6.45, 7) is 10.8. The Hall–Kier alpha value is -1.59. The molecule has 1 aliphatic rings. The number of hydrogen-bond donors (Lipinski definition) is 3. The van der Waals surface area contributed by atoms with E-state index in [-0.39, 0.29) is 17.5 Å². The maximum atomic E-state index is 12.3. The van der Waals surface area contributed by atoms with Crippen molar-refractivity contribution in [3.05, 3.63) is 35.4 Å². The molecule has 0 aliphatic carbocycles. The minimum Gasteiger partial charge on any atom is -0.334 e. The van der Waals surface area contributed by atoms with Crippen molar-refractivity contribution in [2.45, 2.75) is 52.7 Å². The smallest absolute Gasteiger partial charge is 0.315 e. The summed E-state index contributed by atoms with van der Waals surface area (Å²) >= 11 is 0. The van der Waals surface area contributed by atoms with Crippen LogP contribution in [0.2, 0.25) is 0 Å². The van der Waals surface area contributed by atoms with E-state index in [4.69, 9.17) is 5.73 Å². The highest BCUT2D eigenvalue weighted by molar-refractivity contribution is 5.74. The summed E-state index contributed by atoms with van der Waals surface area (Å²) in [7, 11) is 0. The highest BCUT2D eigenvalue weighted by Crippen LogP contribution is 2.21. The van der Waals surface area contributed by atoms with Crippen molar-refractivity contribution < 1.29 is 4.79 Å². The average molecular weight is 332 g/mol. The van der Waals surface area contributed by atoms with Crippen molar-refractivity contribution in [3.8, 4) is 0 Å². The quantitative estimate of drug-likeness (QED) is 0.749. The van der Waals surface area contributed by atoms with Gasteiger partial charge in [-0.2, -0.15) is 0 Å². The minimum atomic E-state index is -0.1000. The van der Waals surface area contributed by atoms with Crippen LogP contribution in [-0.4, -0.2) is 36.6 Å². The number of benzene rings is 1. The molecule has 0 radical (unpaired) electrons. The number of nitrogens with one attached hydrogen (secondary N) is 2. The fourth-order valence-electron chi connectivity index (χ4n) is 2.94. The standard InChI is InChI=1S/C19H32N4O/c1-19(2,3)17(14-23-10-4-5-11-23)22-18(24)21-13-16-8-6-15(12-20)7-9-16/h6-9,17H,4-5,10-14,20H2,1-3H3,(H2,21,22,24)/t17-/m0/s1. The zero-order valence-corrected chi connectivity index (χ0v) is 15.3. The van der Waals surface area contributed by atoms with Crippen LogP contribution in [0, 0.1) is 5.41 Å². The van der Waals surface area contributed by atoms with Gasteiger partial charge in [-0.05, 0) is 42.5 Å². The number of carbonyl (C=O) groups is 1. The normalized spacial score (nSPS) is 16.8. The molecule has 134 valence electrons. The summed E-state index contributed by atoms with van der Waals surface area (Å²) in [5.74, 6) is 0. The van der Waals surface area contributed by atoms with Crippen LogP contribution in [0.5, 0.6) is 0 Å². The van der Waals surface area contributed by atoms with Crippen molar-refractivity contribution in [3.63, 3.8) is 0 Å². The van der Waals surface area contributed by atoms with E-state index in [1.807, 2.05) is 24.3 Å². The lowest BCUT2D eigenvalue weighted by Gasteiger charge is -2.34. The molecule has 0 aromatic heterocycles. The molecular formula is C19H32N4O. The number of nitrogens with two attached hydrogens (primary N) is 1. The predicted octanol–water partition coefficient (Wildman–Crippen LogP) is 2.46. The van der Waals surface area contributed by atoms with Gasteiger partial charge in [0.25, 0.3) is 0 Å². The van der Waals surface area contributed by atoms with E-state index in [9.17, 15) is 4.79 Å². The number of likely N-dealkylation sites (tertiary alicyclic amines) is 1. The molecule has 1 saturated heterocycles. The van der Waals surface area contributed by atoms with Gasteiger partial charge >= 0.3 is 6.03 Å². The molecular weight excluding hydrogens is 300 g/mol. The van der Waals surface area contributed by atoms with Crippen LogP contribution in [0.1, 0.15) is 44.7 Å². The third-order valence-corrected chi connectivity index (χ3v) is 4.70. The van der Waals surface area contributed by atoms with Gasteiger partial charge in [0, 0.05) is 25.7 Å². The fourth-order valence-corrected chi connectivity index (χ4v) is 2.94. The first-order valence-electron chi connectivity index (χ1n) is 8.93.